The molecule has 6 nitrogen and oxygen atoms in total. The molecule has 25 heavy (non-hydrogen) atoms. The Hall–Kier alpha value is -2.89. The molecule has 0 bridgehead atoms. The number of pyridine rings is 1. The van der Waals surface area contributed by atoms with Gasteiger partial charge in [-0.15, -0.1) is 0 Å². The molecule has 1 aliphatic rings. The van der Waals surface area contributed by atoms with Crippen LogP contribution in [-0.2, 0) is 6.54 Å². The fourth-order valence-electron chi connectivity index (χ4n) is 3.50. The minimum atomic E-state index is -0.0126. The van der Waals surface area contributed by atoms with Gasteiger partial charge in [-0.1, -0.05) is 30.3 Å². The summed E-state index contributed by atoms with van der Waals surface area (Å²) in [5, 5.41) is 3.00. The Morgan fingerprint density at radius 1 is 1.24 bits per heavy atom. The first kappa shape index (κ1) is 15.6. The minimum absolute atomic E-state index is 0.0126. The third-order valence-corrected chi connectivity index (χ3v) is 4.73. The number of rotatable bonds is 3. The third-order valence-electron chi connectivity index (χ3n) is 4.73. The van der Waals surface area contributed by atoms with Gasteiger partial charge in [-0.2, -0.15) is 0 Å². The van der Waals surface area contributed by atoms with Gasteiger partial charge in [0, 0.05) is 25.8 Å². The number of imidazole rings is 1. The van der Waals surface area contributed by atoms with Crippen LogP contribution in [-0.4, -0.2) is 38.6 Å². The summed E-state index contributed by atoms with van der Waals surface area (Å²) in [6.45, 7) is 3.98. The van der Waals surface area contributed by atoms with Crippen LogP contribution in [0.5, 0.6) is 0 Å². The second-order valence-corrected chi connectivity index (χ2v) is 6.41. The maximum Gasteiger partial charge on any atom is 0.317 e. The molecule has 1 unspecified atom stereocenters. The van der Waals surface area contributed by atoms with Crippen molar-refractivity contribution >= 4 is 17.2 Å². The van der Waals surface area contributed by atoms with Gasteiger partial charge >= 0.3 is 6.03 Å². The highest BCUT2D eigenvalue weighted by molar-refractivity contribution is 5.75. The molecule has 2 aromatic heterocycles. The molecule has 128 valence electrons. The first-order valence-corrected chi connectivity index (χ1v) is 8.58. The number of amides is 2. The number of fused-ring (bicyclic) bond motifs is 1. The Kier molecular flexibility index (Phi) is 4.09. The van der Waals surface area contributed by atoms with Gasteiger partial charge < -0.3 is 14.8 Å². The van der Waals surface area contributed by atoms with Crippen LogP contribution in [0.25, 0.3) is 11.2 Å². The van der Waals surface area contributed by atoms with E-state index in [4.69, 9.17) is 0 Å². The van der Waals surface area contributed by atoms with E-state index in [9.17, 15) is 4.79 Å². The Morgan fingerprint density at radius 3 is 2.92 bits per heavy atom. The Balaban J connectivity index is 1.44. The van der Waals surface area contributed by atoms with Crippen molar-refractivity contribution in [2.45, 2.75) is 25.9 Å². The van der Waals surface area contributed by atoms with E-state index in [-0.39, 0.29) is 12.1 Å². The second-order valence-electron chi connectivity index (χ2n) is 6.41. The van der Waals surface area contributed by atoms with E-state index in [1.54, 1.807) is 6.20 Å². The van der Waals surface area contributed by atoms with Crippen LogP contribution in [0, 0.1) is 6.92 Å². The van der Waals surface area contributed by atoms with Gasteiger partial charge in [0.1, 0.15) is 11.3 Å². The van der Waals surface area contributed by atoms with Gasteiger partial charge in [0.05, 0.1) is 6.04 Å². The average Bonchev–Trinajstić information content (AvgIpc) is 3.24. The number of aromatic nitrogens is 3. The quantitative estimate of drug-likeness (QED) is 0.800. The number of aryl methyl sites for hydroxylation is 1. The number of nitrogens with zero attached hydrogens (tertiary/aromatic N) is 4. The lowest BCUT2D eigenvalue weighted by molar-refractivity contribution is 0.206. The smallest absolute Gasteiger partial charge is 0.317 e. The standard InChI is InChI=1S/C19H21N5O/c1-14-22-17-8-5-10-20-18(17)24(14)16-9-11-23(13-16)19(25)21-12-15-6-3-2-4-7-15/h2-8,10,16H,9,11-13H2,1H3,(H,21,25). The van der Waals surface area contributed by atoms with Gasteiger partial charge in [-0.3, -0.25) is 0 Å². The summed E-state index contributed by atoms with van der Waals surface area (Å²) in [5.41, 5.74) is 2.91. The van der Waals surface area contributed by atoms with Crippen molar-refractivity contribution in [3.05, 3.63) is 60.0 Å². The van der Waals surface area contributed by atoms with E-state index in [1.807, 2.05) is 54.3 Å². The molecule has 6 heteroatoms. The molecular weight excluding hydrogens is 314 g/mol. The molecule has 0 saturated carbocycles. The summed E-state index contributed by atoms with van der Waals surface area (Å²) in [7, 11) is 0. The SMILES string of the molecule is Cc1nc2cccnc2n1C1CCN(C(=O)NCc2ccccc2)C1. The highest BCUT2D eigenvalue weighted by Crippen LogP contribution is 2.26. The van der Waals surface area contributed by atoms with Gasteiger partial charge in [-0.05, 0) is 31.0 Å². The van der Waals surface area contributed by atoms with Crippen molar-refractivity contribution in [3.63, 3.8) is 0 Å². The summed E-state index contributed by atoms with van der Waals surface area (Å²) in [4.78, 5) is 23.4. The van der Waals surface area contributed by atoms with E-state index in [0.717, 1.165) is 35.5 Å². The Labute approximate surface area is 146 Å². The lowest BCUT2D eigenvalue weighted by Gasteiger charge is -2.18. The number of benzene rings is 1. The first-order chi connectivity index (χ1) is 12.2. The molecule has 0 radical (unpaired) electrons. The van der Waals surface area contributed by atoms with E-state index in [0.29, 0.717) is 13.1 Å². The summed E-state index contributed by atoms with van der Waals surface area (Å²) in [5.74, 6) is 0.949. The van der Waals surface area contributed by atoms with Crippen LogP contribution < -0.4 is 5.32 Å². The summed E-state index contributed by atoms with van der Waals surface area (Å²) < 4.78 is 2.17. The fourth-order valence-corrected chi connectivity index (χ4v) is 3.50. The monoisotopic (exact) mass is 335 g/mol. The van der Waals surface area contributed by atoms with Crippen molar-refractivity contribution < 1.29 is 4.79 Å². The normalized spacial score (nSPS) is 17.2. The zero-order valence-electron chi connectivity index (χ0n) is 14.2. The summed E-state index contributed by atoms with van der Waals surface area (Å²) in [6.07, 6.45) is 2.71. The Morgan fingerprint density at radius 2 is 2.08 bits per heavy atom. The van der Waals surface area contributed by atoms with E-state index >= 15 is 0 Å². The van der Waals surface area contributed by atoms with Gasteiger partial charge in [-0.25, -0.2) is 14.8 Å². The maximum absolute atomic E-state index is 12.5. The molecular formula is C19H21N5O. The molecule has 2 amide bonds. The highest BCUT2D eigenvalue weighted by atomic mass is 16.2. The molecule has 0 aliphatic carbocycles. The number of likely N-dealkylation sites (tertiary alicyclic amines) is 1. The lowest BCUT2D eigenvalue weighted by atomic mass is 10.2. The molecule has 3 aromatic rings. The van der Waals surface area contributed by atoms with Gasteiger partial charge in [0.2, 0.25) is 0 Å². The topological polar surface area (TPSA) is 63.1 Å². The van der Waals surface area contributed by atoms with Crippen LogP contribution in [0.3, 0.4) is 0 Å². The first-order valence-electron chi connectivity index (χ1n) is 8.58. The fraction of sp³-hybridized carbons (Fsp3) is 0.316. The molecule has 1 saturated heterocycles. The number of nitrogens with one attached hydrogen (secondary N) is 1. The van der Waals surface area contributed by atoms with Crippen molar-refractivity contribution in [3.8, 4) is 0 Å². The Bertz CT molecular complexity index is 889. The molecule has 0 spiro atoms. The maximum atomic E-state index is 12.5. The summed E-state index contributed by atoms with van der Waals surface area (Å²) in [6, 6.07) is 14.0. The van der Waals surface area contributed by atoms with Crippen molar-refractivity contribution in [2.75, 3.05) is 13.1 Å². The van der Waals surface area contributed by atoms with Crippen LogP contribution in [0.4, 0.5) is 4.79 Å². The van der Waals surface area contributed by atoms with Crippen molar-refractivity contribution in [2.24, 2.45) is 0 Å². The predicted molar refractivity (Wildman–Crippen MR) is 96.2 cm³/mol. The van der Waals surface area contributed by atoms with Crippen molar-refractivity contribution in [1.82, 2.24) is 24.8 Å². The van der Waals surface area contributed by atoms with E-state index < -0.39 is 0 Å². The zero-order chi connectivity index (χ0) is 17.2. The minimum Gasteiger partial charge on any atom is -0.334 e. The highest BCUT2D eigenvalue weighted by Gasteiger charge is 2.29. The third kappa shape index (κ3) is 3.07. The van der Waals surface area contributed by atoms with E-state index in [1.165, 1.54) is 0 Å². The molecule has 1 N–H and O–H groups in total. The number of hydrogen-bond acceptors (Lipinski definition) is 3. The molecule has 1 fully saturated rings. The molecule has 1 aliphatic heterocycles. The van der Waals surface area contributed by atoms with Gasteiger partial charge in [0.15, 0.2) is 5.65 Å². The van der Waals surface area contributed by atoms with Crippen LogP contribution >= 0.6 is 0 Å². The number of hydrogen-bond donors (Lipinski definition) is 1. The zero-order valence-corrected chi connectivity index (χ0v) is 14.2. The molecule has 3 heterocycles. The van der Waals surface area contributed by atoms with Crippen LogP contribution in [0.15, 0.2) is 48.7 Å². The predicted octanol–water partition coefficient (Wildman–Crippen LogP) is 2.90. The van der Waals surface area contributed by atoms with Crippen molar-refractivity contribution in [1.29, 1.82) is 0 Å². The van der Waals surface area contributed by atoms with Crippen LogP contribution in [0.2, 0.25) is 0 Å². The molecule has 4 rings (SSSR count). The average molecular weight is 335 g/mol. The number of carbonyl (C=O) groups is 1. The number of urea groups is 1. The second kappa shape index (κ2) is 6.55. The molecule has 1 aromatic carbocycles. The lowest BCUT2D eigenvalue weighted by Crippen LogP contribution is -2.38. The molecule has 1 atom stereocenters. The summed E-state index contributed by atoms with van der Waals surface area (Å²) >= 11 is 0. The van der Waals surface area contributed by atoms with Gasteiger partial charge in [0.25, 0.3) is 0 Å². The van der Waals surface area contributed by atoms with E-state index in [2.05, 4.69) is 19.9 Å². The number of carbonyl (C=O) groups excluding carboxylic acids is 1. The largest absolute Gasteiger partial charge is 0.334 e. The van der Waals surface area contributed by atoms with Crippen LogP contribution in [0.1, 0.15) is 23.9 Å².